The van der Waals surface area contributed by atoms with Crippen molar-refractivity contribution in [1.29, 1.82) is 5.26 Å². The number of hydrogen-bond acceptors (Lipinski definition) is 4. The quantitative estimate of drug-likeness (QED) is 0.657. The van der Waals surface area contributed by atoms with E-state index in [1.54, 1.807) is 24.3 Å². The molecule has 0 spiro atoms. The SMILES string of the molecule is N#C/C(=N\Nc1cccc(Cl)c1)C(=O)C1CC1. The summed E-state index contributed by atoms with van der Waals surface area (Å²) in [6, 6.07) is 8.73. The number of hydrazone groups is 1. The molecule has 1 N–H and O–H groups in total. The first-order valence-corrected chi connectivity index (χ1v) is 5.62. The average Bonchev–Trinajstić information content (AvgIpc) is 3.13. The van der Waals surface area contributed by atoms with Crippen LogP contribution in [0.15, 0.2) is 29.4 Å². The van der Waals surface area contributed by atoms with Crippen molar-refractivity contribution in [3.05, 3.63) is 29.3 Å². The third-order valence-corrected chi connectivity index (χ3v) is 2.64. The number of carbonyl (C=O) groups is 1. The van der Waals surface area contributed by atoms with E-state index in [2.05, 4.69) is 10.5 Å². The molecule has 17 heavy (non-hydrogen) atoms. The molecule has 0 atom stereocenters. The van der Waals surface area contributed by atoms with Crippen LogP contribution in [0.2, 0.25) is 5.02 Å². The van der Waals surface area contributed by atoms with Gasteiger partial charge in [0.05, 0.1) is 5.69 Å². The molecule has 0 heterocycles. The molecular weight excluding hydrogens is 238 g/mol. The molecule has 4 nitrogen and oxygen atoms in total. The zero-order chi connectivity index (χ0) is 12.3. The van der Waals surface area contributed by atoms with Gasteiger partial charge in [-0.15, -0.1) is 0 Å². The lowest BCUT2D eigenvalue weighted by Gasteiger charge is -2.01. The molecule has 0 radical (unpaired) electrons. The highest BCUT2D eigenvalue weighted by molar-refractivity contribution is 6.47. The molecule has 1 saturated carbocycles. The summed E-state index contributed by atoms with van der Waals surface area (Å²) in [4.78, 5) is 11.6. The minimum absolute atomic E-state index is 0.00504. The summed E-state index contributed by atoms with van der Waals surface area (Å²) < 4.78 is 0. The van der Waals surface area contributed by atoms with Gasteiger partial charge in [0.1, 0.15) is 6.07 Å². The van der Waals surface area contributed by atoms with Gasteiger partial charge in [0.15, 0.2) is 5.78 Å². The number of anilines is 1. The third kappa shape index (κ3) is 3.05. The van der Waals surface area contributed by atoms with Crippen LogP contribution < -0.4 is 5.43 Å². The van der Waals surface area contributed by atoms with E-state index in [1.807, 2.05) is 6.07 Å². The van der Waals surface area contributed by atoms with Gasteiger partial charge >= 0.3 is 0 Å². The van der Waals surface area contributed by atoms with Gasteiger partial charge in [-0.25, -0.2) is 0 Å². The maximum atomic E-state index is 11.6. The Morgan fingerprint density at radius 1 is 1.53 bits per heavy atom. The van der Waals surface area contributed by atoms with E-state index in [0.717, 1.165) is 12.8 Å². The van der Waals surface area contributed by atoms with E-state index < -0.39 is 0 Å². The van der Waals surface area contributed by atoms with Gasteiger partial charge < -0.3 is 0 Å². The van der Waals surface area contributed by atoms with Crippen LogP contribution in [0.1, 0.15) is 12.8 Å². The Labute approximate surface area is 104 Å². The monoisotopic (exact) mass is 247 g/mol. The number of nitrogens with one attached hydrogen (secondary N) is 1. The molecule has 5 heteroatoms. The first-order valence-electron chi connectivity index (χ1n) is 5.24. The maximum Gasteiger partial charge on any atom is 0.203 e. The van der Waals surface area contributed by atoms with Crippen molar-refractivity contribution in [3.8, 4) is 6.07 Å². The molecule has 1 aromatic rings. The number of halogens is 1. The molecule has 1 aromatic carbocycles. The second kappa shape index (κ2) is 4.98. The number of benzene rings is 1. The van der Waals surface area contributed by atoms with Crippen LogP contribution in [-0.4, -0.2) is 11.5 Å². The predicted octanol–water partition coefficient (Wildman–Crippen LogP) is 2.61. The van der Waals surface area contributed by atoms with Crippen molar-refractivity contribution >= 4 is 28.8 Å². The number of carbonyl (C=O) groups excluding carboxylic acids is 1. The molecule has 1 aliphatic rings. The van der Waals surface area contributed by atoms with Crippen molar-refractivity contribution in [3.63, 3.8) is 0 Å². The highest BCUT2D eigenvalue weighted by Crippen LogP contribution is 2.30. The van der Waals surface area contributed by atoms with Crippen LogP contribution in [0, 0.1) is 17.2 Å². The lowest BCUT2D eigenvalue weighted by molar-refractivity contribution is -0.113. The van der Waals surface area contributed by atoms with Gasteiger partial charge in [-0.05, 0) is 31.0 Å². The Balaban J connectivity index is 2.08. The van der Waals surface area contributed by atoms with Crippen LogP contribution in [0.5, 0.6) is 0 Å². The average molecular weight is 248 g/mol. The first kappa shape index (κ1) is 11.6. The third-order valence-electron chi connectivity index (χ3n) is 2.41. The Hall–Kier alpha value is -1.86. The number of rotatable bonds is 4. The number of ketones is 1. The minimum atomic E-state index is -0.179. The van der Waals surface area contributed by atoms with E-state index in [-0.39, 0.29) is 17.4 Å². The summed E-state index contributed by atoms with van der Waals surface area (Å²) in [5, 5.41) is 13.2. The molecule has 0 amide bonds. The predicted molar refractivity (Wildman–Crippen MR) is 65.9 cm³/mol. The fraction of sp³-hybridized carbons (Fsp3) is 0.250. The first-order chi connectivity index (χ1) is 8.20. The second-order valence-electron chi connectivity index (χ2n) is 3.83. The second-order valence-corrected chi connectivity index (χ2v) is 4.27. The smallest absolute Gasteiger partial charge is 0.203 e. The molecule has 0 unspecified atom stereocenters. The van der Waals surface area contributed by atoms with Gasteiger partial charge in [0, 0.05) is 10.9 Å². The Bertz CT molecular complexity index is 515. The van der Waals surface area contributed by atoms with E-state index in [9.17, 15) is 4.79 Å². The topological polar surface area (TPSA) is 65.2 Å². The van der Waals surface area contributed by atoms with Crippen molar-refractivity contribution in [2.45, 2.75) is 12.8 Å². The normalized spacial score (nSPS) is 15.2. The molecule has 1 fully saturated rings. The number of hydrogen-bond donors (Lipinski definition) is 1. The van der Waals surface area contributed by atoms with Gasteiger partial charge in [0.25, 0.3) is 0 Å². The number of nitriles is 1. The summed E-state index contributed by atoms with van der Waals surface area (Å²) in [5.41, 5.74) is 3.23. The summed E-state index contributed by atoms with van der Waals surface area (Å²) in [7, 11) is 0. The largest absolute Gasteiger partial charge is 0.291 e. The molecule has 86 valence electrons. The van der Waals surface area contributed by atoms with E-state index in [4.69, 9.17) is 16.9 Å². The Morgan fingerprint density at radius 2 is 2.29 bits per heavy atom. The van der Waals surface area contributed by atoms with Gasteiger partial charge in [-0.2, -0.15) is 10.4 Å². The standard InChI is InChI=1S/C12H10ClN3O/c13-9-2-1-3-10(6-9)15-16-11(7-14)12(17)8-4-5-8/h1-3,6,8,15H,4-5H2/b16-11+. The lowest BCUT2D eigenvalue weighted by atomic mass is 10.2. The van der Waals surface area contributed by atoms with Crippen LogP contribution in [0.4, 0.5) is 5.69 Å². The lowest BCUT2D eigenvalue weighted by Crippen LogP contribution is -2.15. The summed E-state index contributed by atoms with van der Waals surface area (Å²) in [6.07, 6.45) is 1.72. The molecular formula is C12H10ClN3O. The molecule has 1 aliphatic carbocycles. The molecule has 0 aliphatic heterocycles. The van der Waals surface area contributed by atoms with Crippen molar-refractivity contribution < 1.29 is 4.79 Å². The number of nitrogens with zero attached hydrogens (tertiary/aromatic N) is 2. The van der Waals surface area contributed by atoms with Crippen LogP contribution >= 0.6 is 11.6 Å². The molecule has 0 saturated heterocycles. The zero-order valence-corrected chi connectivity index (χ0v) is 9.74. The fourth-order valence-electron chi connectivity index (χ4n) is 1.35. The Kier molecular flexibility index (Phi) is 3.40. The van der Waals surface area contributed by atoms with E-state index >= 15 is 0 Å². The highest BCUT2D eigenvalue weighted by atomic mass is 35.5. The van der Waals surface area contributed by atoms with Crippen molar-refractivity contribution in [2.24, 2.45) is 11.0 Å². The Morgan fingerprint density at radius 3 is 2.88 bits per heavy atom. The number of Topliss-reactive ketones (excluding diaryl/α,β-unsaturated/α-hetero) is 1. The molecule has 0 aromatic heterocycles. The highest BCUT2D eigenvalue weighted by Gasteiger charge is 2.32. The van der Waals surface area contributed by atoms with E-state index in [0.29, 0.717) is 10.7 Å². The van der Waals surface area contributed by atoms with Crippen LogP contribution in [0.25, 0.3) is 0 Å². The van der Waals surface area contributed by atoms with Gasteiger partial charge in [-0.3, -0.25) is 10.2 Å². The minimum Gasteiger partial charge on any atom is -0.291 e. The van der Waals surface area contributed by atoms with E-state index in [1.165, 1.54) is 0 Å². The maximum absolute atomic E-state index is 11.6. The zero-order valence-electron chi connectivity index (χ0n) is 8.98. The van der Waals surface area contributed by atoms with Crippen molar-refractivity contribution in [2.75, 3.05) is 5.43 Å². The summed E-state index contributed by atoms with van der Waals surface area (Å²) in [5.74, 6) is -0.184. The van der Waals surface area contributed by atoms with Crippen LogP contribution in [0.3, 0.4) is 0 Å². The molecule has 0 bridgehead atoms. The summed E-state index contributed by atoms with van der Waals surface area (Å²) in [6.45, 7) is 0. The van der Waals surface area contributed by atoms with Gasteiger partial charge in [-0.1, -0.05) is 17.7 Å². The van der Waals surface area contributed by atoms with Crippen molar-refractivity contribution in [1.82, 2.24) is 0 Å². The molecule has 2 rings (SSSR count). The van der Waals surface area contributed by atoms with Crippen LogP contribution in [-0.2, 0) is 4.79 Å². The summed E-state index contributed by atoms with van der Waals surface area (Å²) >= 11 is 5.80. The van der Waals surface area contributed by atoms with Gasteiger partial charge in [0.2, 0.25) is 5.71 Å². The fourth-order valence-corrected chi connectivity index (χ4v) is 1.54.